The molecule has 1 atom stereocenters. The van der Waals surface area contributed by atoms with Crippen molar-refractivity contribution >= 4 is 29.2 Å². The Kier molecular flexibility index (Phi) is 6.37. The van der Waals surface area contributed by atoms with Crippen LogP contribution in [0.1, 0.15) is 28.3 Å². The summed E-state index contributed by atoms with van der Waals surface area (Å²) < 4.78 is 5.18. The average molecular weight is 431 g/mol. The van der Waals surface area contributed by atoms with E-state index in [9.17, 15) is 14.4 Å². The van der Waals surface area contributed by atoms with E-state index in [1.807, 2.05) is 22.4 Å². The number of amides is 4. The minimum absolute atomic E-state index is 0.0795. The highest BCUT2D eigenvalue weighted by Gasteiger charge is 2.33. The molecule has 9 heteroatoms. The quantitative estimate of drug-likeness (QED) is 0.806. The lowest BCUT2D eigenvalue weighted by atomic mass is 9.96. The molecule has 2 saturated heterocycles. The molecule has 0 aliphatic carbocycles. The van der Waals surface area contributed by atoms with Crippen LogP contribution in [0.15, 0.2) is 40.3 Å². The van der Waals surface area contributed by atoms with Crippen molar-refractivity contribution in [2.75, 3.05) is 39.3 Å². The number of piperazine rings is 1. The second-order valence-electron chi connectivity index (χ2n) is 7.62. The normalized spacial score (nSPS) is 19.6. The molecule has 0 radical (unpaired) electrons. The lowest BCUT2D eigenvalue weighted by molar-refractivity contribution is -0.138. The number of nitrogens with zero attached hydrogens (tertiary/aromatic N) is 3. The Labute approximate surface area is 179 Å². The fourth-order valence-electron chi connectivity index (χ4n) is 4.00. The molecule has 160 valence electrons. The lowest BCUT2D eigenvalue weighted by Crippen LogP contribution is -2.54. The van der Waals surface area contributed by atoms with Gasteiger partial charge in [-0.2, -0.15) is 0 Å². The minimum atomic E-state index is -0.182. The maximum absolute atomic E-state index is 13.0. The first-order valence-electron chi connectivity index (χ1n) is 10.3. The smallest absolute Gasteiger partial charge is 0.317 e. The van der Waals surface area contributed by atoms with E-state index in [0.717, 1.165) is 17.7 Å². The number of carbonyl (C=O) groups excluding carboxylic acids is 3. The number of likely N-dealkylation sites (tertiary alicyclic amines) is 1. The third kappa shape index (κ3) is 4.67. The van der Waals surface area contributed by atoms with Gasteiger partial charge in [-0.05, 0) is 36.4 Å². The Balaban J connectivity index is 1.26. The van der Waals surface area contributed by atoms with Crippen molar-refractivity contribution in [3.8, 4) is 0 Å². The third-order valence-corrected chi connectivity index (χ3v) is 6.54. The molecule has 0 aromatic carbocycles. The number of furan rings is 1. The number of rotatable bonds is 4. The number of nitrogens with one attached hydrogen (secondary N) is 1. The maximum Gasteiger partial charge on any atom is 0.317 e. The summed E-state index contributed by atoms with van der Waals surface area (Å²) in [6, 6.07) is 7.18. The highest BCUT2D eigenvalue weighted by Crippen LogP contribution is 2.20. The SMILES string of the molecule is O=C(NCc1cccs1)N1CCCC(C(=O)N2CCN(C(=O)c3ccco3)CC2)C1. The molecule has 2 aliphatic heterocycles. The van der Waals surface area contributed by atoms with Crippen molar-refractivity contribution in [1.82, 2.24) is 20.0 Å². The predicted molar refractivity (Wildman–Crippen MR) is 112 cm³/mol. The summed E-state index contributed by atoms with van der Waals surface area (Å²) in [5.74, 6) is 0.0824. The Hall–Kier alpha value is -2.81. The van der Waals surface area contributed by atoms with Crippen LogP contribution in [0.4, 0.5) is 4.79 Å². The molecule has 1 N–H and O–H groups in total. The van der Waals surface area contributed by atoms with Crippen molar-refractivity contribution in [3.05, 3.63) is 46.5 Å². The van der Waals surface area contributed by atoms with Gasteiger partial charge in [0.15, 0.2) is 5.76 Å². The summed E-state index contributed by atoms with van der Waals surface area (Å²) in [6.45, 7) is 3.62. The number of thiophene rings is 1. The van der Waals surface area contributed by atoms with Gasteiger partial charge < -0.3 is 24.4 Å². The van der Waals surface area contributed by atoms with E-state index in [1.54, 1.807) is 33.3 Å². The molecule has 4 heterocycles. The molecule has 0 saturated carbocycles. The molecule has 2 fully saturated rings. The van der Waals surface area contributed by atoms with Crippen LogP contribution in [0.25, 0.3) is 0 Å². The van der Waals surface area contributed by atoms with Crippen molar-refractivity contribution in [3.63, 3.8) is 0 Å². The second kappa shape index (κ2) is 9.34. The van der Waals surface area contributed by atoms with Crippen LogP contribution in [-0.4, -0.2) is 71.8 Å². The molecule has 1 unspecified atom stereocenters. The van der Waals surface area contributed by atoms with Gasteiger partial charge >= 0.3 is 6.03 Å². The third-order valence-electron chi connectivity index (χ3n) is 5.66. The van der Waals surface area contributed by atoms with Crippen molar-refractivity contribution in [2.45, 2.75) is 19.4 Å². The Morgan fingerprint density at radius 3 is 2.53 bits per heavy atom. The summed E-state index contributed by atoms with van der Waals surface area (Å²) in [4.78, 5) is 44.3. The second-order valence-corrected chi connectivity index (χ2v) is 8.65. The van der Waals surface area contributed by atoms with E-state index in [-0.39, 0.29) is 23.8 Å². The van der Waals surface area contributed by atoms with Gasteiger partial charge in [0.25, 0.3) is 5.91 Å². The topological polar surface area (TPSA) is 86.1 Å². The van der Waals surface area contributed by atoms with Gasteiger partial charge in [-0.25, -0.2) is 4.79 Å². The van der Waals surface area contributed by atoms with E-state index in [1.165, 1.54) is 6.26 Å². The van der Waals surface area contributed by atoms with E-state index < -0.39 is 0 Å². The fourth-order valence-corrected chi connectivity index (χ4v) is 4.64. The Morgan fingerprint density at radius 1 is 1.03 bits per heavy atom. The van der Waals surface area contributed by atoms with Crippen LogP contribution < -0.4 is 5.32 Å². The number of urea groups is 1. The summed E-state index contributed by atoms with van der Waals surface area (Å²) in [6.07, 6.45) is 3.09. The van der Waals surface area contributed by atoms with E-state index in [2.05, 4.69) is 5.32 Å². The molecule has 2 aromatic heterocycles. The van der Waals surface area contributed by atoms with Gasteiger partial charge in [-0.15, -0.1) is 11.3 Å². The van der Waals surface area contributed by atoms with Gasteiger partial charge in [0.2, 0.25) is 5.91 Å². The molecule has 0 spiro atoms. The van der Waals surface area contributed by atoms with Crippen LogP contribution in [-0.2, 0) is 11.3 Å². The molecule has 0 bridgehead atoms. The number of hydrogen-bond donors (Lipinski definition) is 1. The van der Waals surface area contributed by atoms with Crippen LogP contribution in [0.5, 0.6) is 0 Å². The van der Waals surface area contributed by atoms with E-state index in [4.69, 9.17) is 4.42 Å². The first-order chi connectivity index (χ1) is 14.6. The first-order valence-corrected chi connectivity index (χ1v) is 11.2. The van der Waals surface area contributed by atoms with E-state index >= 15 is 0 Å². The van der Waals surface area contributed by atoms with Gasteiger partial charge in [0.1, 0.15) is 0 Å². The largest absolute Gasteiger partial charge is 0.459 e. The molecule has 2 aliphatic rings. The molecule has 8 nitrogen and oxygen atoms in total. The molecule has 30 heavy (non-hydrogen) atoms. The molecule has 4 rings (SSSR count). The zero-order valence-electron chi connectivity index (χ0n) is 16.8. The molecular weight excluding hydrogens is 404 g/mol. The molecular formula is C21H26N4O4S. The summed E-state index contributed by atoms with van der Waals surface area (Å²) >= 11 is 1.61. The highest BCUT2D eigenvalue weighted by atomic mass is 32.1. The zero-order valence-corrected chi connectivity index (χ0v) is 17.6. The average Bonchev–Trinajstić information content (AvgIpc) is 3.51. The van der Waals surface area contributed by atoms with Crippen LogP contribution in [0.3, 0.4) is 0 Å². The standard InChI is InChI=1S/C21H26N4O4S/c26-19(23-8-10-24(11-9-23)20(27)18-6-2-12-29-18)16-4-1-7-25(15-16)21(28)22-14-17-5-3-13-30-17/h2-3,5-6,12-13,16H,1,4,7-11,14-15H2,(H,22,28). The number of hydrogen-bond acceptors (Lipinski definition) is 5. The fraction of sp³-hybridized carbons (Fsp3) is 0.476. The Morgan fingerprint density at radius 2 is 1.83 bits per heavy atom. The van der Waals surface area contributed by atoms with Gasteiger partial charge in [-0.3, -0.25) is 9.59 Å². The van der Waals surface area contributed by atoms with Gasteiger partial charge in [0.05, 0.1) is 18.7 Å². The summed E-state index contributed by atoms with van der Waals surface area (Å²) in [5, 5.41) is 4.93. The van der Waals surface area contributed by atoms with E-state index in [0.29, 0.717) is 51.6 Å². The number of carbonyl (C=O) groups is 3. The van der Waals surface area contributed by atoms with Crippen molar-refractivity contribution in [1.29, 1.82) is 0 Å². The Bertz CT molecular complexity index is 860. The maximum atomic E-state index is 13.0. The number of piperidine rings is 1. The first kappa shape index (κ1) is 20.5. The van der Waals surface area contributed by atoms with Crippen LogP contribution in [0, 0.1) is 5.92 Å². The van der Waals surface area contributed by atoms with Crippen molar-refractivity contribution < 1.29 is 18.8 Å². The zero-order chi connectivity index (χ0) is 20.9. The molecule has 2 aromatic rings. The van der Waals surface area contributed by atoms with Crippen LogP contribution in [0.2, 0.25) is 0 Å². The van der Waals surface area contributed by atoms with Crippen LogP contribution >= 0.6 is 11.3 Å². The van der Waals surface area contributed by atoms with Gasteiger partial charge in [-0.1, -0.05) is 6.07 Å². The molecule has 4 amide bonds. The summed E-state index contributed by atoms with van der Waals surface area (Å²) in [5.41, 5.74) is 0. The monoisotopic (exact) mass is 430 g/mol. The highest BCUT2D eigenvalue weighted by molar-refractivity contribution is 7.09. The summed E-state index contributed by atoms with van der Waals surface area (Å²) in [7, 11) is 0. The van der Waals surface area contributed by atoms with Crippen molar-refractivity contribution in [2.24, 2.45) is 5.92 Å². The minimum Gasteiger partial charge on any atom is -0.459 e. The lowest BCUT2D eigenvalue weighted by Gasteiger charge is -2.38. The predicted octanol–water partition coefficient (Wildman–Crippen LogP) is 2.25. The van der Waals surface area contributed by atoms with Gasteiger partial charge in [0, 0.05) is 44.1 Å².